The molecule has 0 spiro atoms. The molecule has 0 amide bonds. The third-order valence-electron chi connectivity index (χ3n) is 2.57. The first-order valence-electron chi connectivity index (χ1n) is 4.84. The maximum absolute atomic E-state index is 7.51. The van der Waals surface area contributed by atoms with Crippen molar-refractivity contribution in [2.75, 3.05) is 18.1 Å². The van der Waals surface area contributed by atoms with E-state index in [0.29, 0.717) is 11.9 Å². The van der Waals surface area contributed by atoms with Crippen LogP contribution in [-0.4, -0.2) is 40.9 Å². The van der Waals surface area contributed by atoms with Gasteiger partial charge in [-0.05, 0) is 13.3 Å². The molecule has 0 saturated carbocycles. The molecule has 0 aromatic carbocycles. The Morgan fingerprint density at radius 1 is 1.77 bits per heavy atom. The van der Waals surface area contributed by atoms with Crippen LogP contribution in [0.25, 0.3) is 0 Å². The van der Waals surface area contributed by atoms with Crippen LogP contribution in [0.15, 0.2) is 0 Å². The summed E-state index contributed by atoms with van der Waals surface area (Å²) in [6.45, 7) is 5.39. The van der Waals surface area contributed by atoms with E-state index in [-0.39, 0.29) is 6.04 Å². The minimum Gasteiger partial charge on any atom is -0.386 e. The standard InChI is InChI=1S/C9H19N3S/c1-3-8(9(10)11)12-4-5-13-6-7(12)2/h7-8H,3-6H2,1-2H3,(H3,10,11). The van der Waals surface area contributed by atoms with Crippen LogP contribution in [0.3, 0.4) is 0 Å². The maximum Gasteiger partial charge on any atom is 0.108 e. The summed E-state index contributed by atoms with van der Waals surface area (Å²) in [7, 11) is 0. The zero-order valence-electron chi connectivity index (χ0n) is 8.42. The van der Waals surface area contributed by atoms with Crippen LogP contribution >= 0.6 is 11.8 Å². The summed E-state index contributed by atoms with van der Waals surface area (Å²) < 4.78 is 0. The Balaban J connectivity index is 2.60. The van der Waals surface area contributed by atoms with Crippen LogP contribution in [0.1, 0.15) is 20.3 Å². The molecule has 2 unspecified atom stereocenters. The van der Waals surface area contributed by atoms with Crippen molar-refractivity contribution >= 4 is 17.6 Å². The van der Waals surface area contributed by atoms with Gasteiger partial charge in [0, 0.05) is 24.1 Å². The predicted octanol–water partition coefficient (Wildman–Crippen LogP) is 1.14. The first kappa shape index (κ1) is 10.9. The molecule has 1 heterocycles. The molecule has 0 aromatic heterocycles. The largest absolute Gasteiger partial charge is 0.386 e. The van der Waals surface area contributed by atoms with E-state index >= 15 is 0 Å². The number of amidine groups is 1. The lowest BCUT2D eigenvalue weighted by Gasteiger charge is -2.38. The SMILES string of the molecule is CCC(C(=N)N)N1CCSCC1C. The zero-order valence-corrected chi connectivity index (χ0v) is 9.23. The molecular weight excluding hydrogens is 182 g/mol. The number of thioether (sulfide) groups is 1. The first-order valence-corrected chi connectivity index (χ1v) is 5.99. The molecule has 0 aliphatic carbocycles. The summed E-state index contributed by atoms with van der Waals surface area (Å²) in [4.78, 5) is 2.36. The Morgan fingerprint density at radius 2 is 2.46 bits per heavy atom. The summed E-state index contributed by atoms with van der Waals surface area (Å²) in [6.07, 6.45) is 0.949. The van der Waals surface area contributed by atoms with Gasteiger partial charge < -0.3 is 5.73 Å². The summed E-state index contributed by atoms with van der Waals surface area (Å²) in [5, 5.41) is 7.51. The first-order chi connectivity index (χ1) is 6.16. The molecular formula is C9H19N3S. The minimum atomic E-state index is 0.163. The van der Waals surface area contributed by atoms with Crippen molar-refractivity contribution in [1.29, 1.82) is 5.41 Å². The average Bonchev–Trinajstić information content (AvgIpc) is 2.09. The van der Waals surface area contributed by atoms with Gasteiger partial charge in [-0.25, -0.2) is 0 Å². The summed E-state index contributed by atoms with van der Waals surface area (Å²) >= 11 is 1.99. The predicted molar refractivity (Wildman–Crippen MR) is 59.5 cm³/mol. The highest BCUT2D eigenvalue weighted by molar-refractivity contribution is 7.99. The van der Waals surface area contributed by atoms with Crippen molar-refractivity contribution in [2.24, 2.45) is 5.73 Å². The molecule has 1 aliphatic heterocycles. The summed E-state index contributed by atoms with van der Waals surface area (Å²) in [5.41, 5.74) is 5.58. The van der Waals surface area contributed by atoms with Gasteiger partial charge in [-0.15, -0.1) is 0 Å². The van der Waals surface area contributed by atoms with Crippen molar-refractivity contribution in [3.05, 3.63) is 0 Å². The van der Waals surface area contributed by atoms with Crippen LogP contribution < -0.4 is 5.73 Å². The van der Waals surface area contributed by atoms with Crippen molar-refractivity contribution in [3.8, 4) is 0 Å². The van der Waals surface area contributed by atoms with Crippen molar-refractivity contribution in [1.82, 2.24) is 4.90 Å². The molecule has 4 heteroatoms. The van der Waals surface area contributed by atoms with Crippen molar-refractivity contribution in [3.63, 3.8) is 0 Å². The molecule has 1 saturated heterocycles. The van der Waals surface area contributed by atoms with E-state index in [1.165, 1.54) is 11.5 Å². The normalized spacial score (nSPS) is 27.1. The molecule has 2 atom stereocenters. The molecule has 0 bridgehead atoms. The van der Waals surface area contributed by atoms with Gasteiger partial charge in [0.05, 0.1) is 6.04 Å². The second kappa shape index (κ2) is 4.86. The third kappa shape index (κ3) is 2.61. The molecule has 3 N–H and O–H groups in total. The van der Waals surface area contributed by atoms with Gasteiger partial charge in [-0.1, -0.05) is 6.92 Å². The van der Waals surface area contributed by atoms with E-state index in [0.717, 1.165) is 13.0 Å². The van der Waals surface area contributed by atoms with Gasteiger partial charge in [-0.2, -0.15) is 11.8 Å². The molecule has 3 nitrogen and oxygen atoms in total. The highest BCUT2D eigenvalue weighted by Crippen LogP contribution is 2.19. The van der Waals surface area contributed by atoms with Gasteiger partial charge in [0.1, 0.15) is 5.84 Å². The monoisotopic (exact) mass is 201 g/mol. The third-order valence-corrected chi connectivity index (χ3v) is 3.75. The average molecular weight is 201 g/mol. The van der Waals surface area contributed by atoms with Crippen LogP contribution in [0, 0.1) is 5.41 Å². The molecule has 0 radical (unpaired) electrons. The van der Waals surface area contributed by atoms with Gasteiger partial charge >= 0.3 is 0 Å². The second-order valence-electron chi connectivity index (χ2n) is 3.54. The highest BCUT2D eigenvalue weighted by atomic mass is 32.2. The lowest BCUT2D eigenvalue weighted by Crippen LogP contribution is -2.51. The van der Waals surface area contributed by atoms with E-state index in [9.17, 15) is 0 Å². The van der Waals surface area contributed by atoms with Crippen LogP contribution in [-0.2, 0) is 0 Å². The topological polar surface area (TPSA) is 53.1 Å². The number of hydrogen-bond acceptors (Lipinski definition) is 3. The van der Waals surface area contributed by atoms with E-state index in [4.69, 9.17) is 11.1 Å². The fourth-order valence-corrected chi connectivity index (χ4v) is 2.88. The molecule has 1 fully saturated rings. The lowest BCUT2D eigenvalue weighted by atomic mass is 10.1. The lowest BCUT2D eigenvalue weighted by molar-refractivity contribution is 0.197. The van der Waals surface area contributed by atoms with Gasteiger partial charge in [0.25, 0.3) is 0 Å². The number of nitrogens with one attached hydrogen (secondary N) is 1. The van der Waals surface area contributed by atoms with Crippen LogP contribution in [0.5, 0.6) is 0 Å². The second-order valence-corrected chi connectivity index (χ2v) is 4.69. The smallest absolute Gasteiger partial charge is 0.108 e. The number of rotatable bonds is 3. The molecule has 13 heavy (non-hydrogen) atoms. The van der Waals surface area contributed by atoms with Crippen LogP contribution in [0.4, 0.5) is 0 Å². The van der Waals surface area contributed by atoms with Gasteiger partial charge in [-0.3, -0.25) is 10.3 Å². The van der Waals surface area contributed by atoms with E-state index in [1.807, 2.05) is 11.8 Å². The van der Waals surface area contributed by atoms with E-state index in [2.05, 4.69) is 18.7 Å². The Kier molecular flexibility index (Phi) is 4.06. The van der Waals surface area contributed by atoms with Crippen molar-refractivity contribution < 1.29 is 0 Å². The maximum atomic E-state index is 7.51. The Morgan fingerprint density at radius 3 is 2.92 bits per heavy atom. The quantitative estimate of drug-likeness (QED) is 0.532. The summed E-state index contributed by atoms with van der Waals surface area (Å²) in [5.74, 6) is 2.67. The molecule has 1 aliphatic rings. The fraction of sp³-hybridized carbons (Fsp3) is 0.889. The Hall–Kier alpha value is -0.220. The Bertz CT molecular complexity index is 184. The van der Waals surface area contributed by atoms with E-state index in [1.54, 1.807) is 0 Å². The van der Waals surface area contributed by atoms with Gasteiger partial charge in [0.2, 0.25) is 0 Å². The van der Waals surface area contributed by atoms with E-state index < -0.39 is 0 Å². The fourth-order valence-electron chi connectivity index (χ4n) is 1.84. The number of nitrogens with two attached hydrogens (primary N) is 1. The highest BCUT2D eigenvalue weighted by Gasteiger charge is 2.26. The number of nitrogens with zero attached hydrogens (tertiary/aromatic N) is 1. The van der Waals surface area contributed by atoms with Crippen molar-refractivity contribution in [2.45, 2.75) is 32.4 Å². The molecule has 76 valence electrons. The summed E-state index contributed by atoms with van der Waals surface area (Å²) in [6, 6.07) is 0.725. The number of hydrogen-bond donors (Lipinski definition) is 2. The molecule has 0 aromatic rings. The minimum absolute atomic E-state index is 0.163. The van der Waals surface area contributed by atoms with Crippen LogP contribution in [0.2, 0.25) is 0 Å². The molecule has 1 rings (SSSR count). The zero-order chi connectivity index (χ0) is 9.84. The van der Waals surface area contributed by atoms with Gasteiger partial charge in [0.15, 0.2) is 0 Å². The Labute approximate surface area is 84.6 Å².